The number of Topliss-reactive ketones (excluding diaryl/α,β-unsaturated/α-hetero) is 1. The number of nitrogens with zero attached hydrogens (tertiary/aromatic N) is 1. The minimum absolute atomic E-state index is 0.311. The second-order valence-corrected chi connectivity index (χ2v) is 2.91. The number of hydrogen-bond donors (Lipinski definition) is 1. The zero-order chi connectivity index (χ0) is 9.97. The smallest absolute Gasteiger partial charge is 0.227 e. The first-order valence-electron chi connectivity index (χ1n) is 4.22. The number of carbonyl (C=O) groups is 2. The third-order valence-electron chi connectivity index (χ3n) is 2.06. The predicted octanol–water partition coefficient (Wildman–Crippen LogP) is -0.611. The lowest BCUT2D eigenvalue weighted by molar-refractivity contribution is -0.104. The molecular weight excluding hydrogens is 180 g/mol. The molecule has 0 radical (unpaired) electrons. The van der Waals surface area contributed by atoms with Crippen molar-refractivity contribution in [2.24, 2.45) is 4.99 Å². The van der Waals surface area contributed by atoms with Gasteiger partial charge in [0.2, 0.25) is 5.78 Å². The third-order valence-corrected chi connectivity index (χ3v) is 2.06. The number of ketones is 1. The van der Waals surface area contributed by atoms with Crippen LogP contribution >= 0.6 is 0 Å². The van der Waals surface area contributed by atoms with Crippen LogP contribution in [0.4, 0.5) is 0 Å². The number of fused-ring (bicyclic) bond motifs is 1. The van der Waals surface area contributed by atoms with E-state index in [0.29, 0.717) is 17.1 Å². The maximum atomic E-state index is 11.2. The summed E-state index contributed by atoms with van der Waals surface area (Å²) in [5.41, 5.74) is 0.380. The molecule has 0 aromatic carbocycles. The van der Waals surface area contributed by atoms with Gasteiger partial charge in [-0.15, -0.1) is 0 Å². The van der Waals surface area contributed by atoms with Crippen LogP contribution in [0.1, 0.15) is 16.8 Å². The average Bonchev–Trinajstić information content (AvgIpc) is 2.46. The Morgan fingerprint density at radius 2 is 2.43 bits per heavy atom. The summed E-state index contributed by atoms with van der Waals surface area (Å²) in [6.07, 6.45) is 7.82. The molecule has 1 N–H and O–H groups in total. The van der Waals surface area contributed by atoms with Crippen LogP contribution in [0.15, 0.2) is 11.2 Å². The van der Waals surface area contributed by atoms with Gasteiger partial charge in [0.1, 0.15) is 0 Å². The van der Waals surface area contributed by atoms with Crippen molar-refractivity contribution in [2.75, 3.05) is 0 Å². The molecule has 0 unspecified atom stereocenters. The van der Waals surface area contributed by atoms with Gasteiger partial charge in [0.15, 0.2) is 6.29 Å². The van der Waals surface area contributed by atoms with Gasteiger partial charge in [0, 0.05) is 35.6 Å². The number of aliphatic imine (C=N–C) groups is 1. The first kappa shape index (κ1) is 8.62. The Hall–Kier alpha value is -1.97. The number of aldehydes is 1. The molecule has 4 heteroatoms. The van der Waals surface area contributed by atoms with Crippen molar-refractivity contribution in [1.82, 2.24) is 4.98 Å². The SMILES string of the molecule is O=CC(=O)c1c[nH]c2c1=CN=CCC=2. The molecule has 0 spiro atoms. The van der Waals surface area contributed by atoms with Crippen molar-refractivity contribution in [3.63, 3.8) is 0 Å². The molecular formula is C10H8N2O2. The van der Waals surface area contributed by atoms with Crippen LogP contribution in [0.5, 0.6) is 0 Å². The second-order valence-electron chi connectivity index (χ2n) is 2.91. The molecule has 4 nitrogen and oxygen atoms in total. The quantitative estimate of drug-likeness (QED) is 0.382. The van der Waals surface area contributed by atoms with Crippen molar-refractivity contribution in [1.29, 1.82) is 0 Å². The molecule has 0 fully saturated rings. The Bertz CT molecular complexity index is 523. The fraction of sp³-hybridized carbons (Fsp3) is 0.100. The molecule has 2 rings (SSSR count). The van der Waals surface area contributed by atoms with Gasteiger partial charge in [0.05, 0.1) is 5.56 Å². The van der Waals surface area contributed by atoms with Crippen molar-refractivity contribution in [3.8, 4) is 0 Å². The Balaban J connectivity index is 2.72. The molecule has 14 heavy (non-hydrogen) atoms. The number of H-pyrrole nitrogens is 1. The van der Waals surface area contributed by atoms with E-state index in [1.54, 1.807) is 12.4 Å². The van der Waals surface area contributed by atoms with E-state index < -0.39 is 5.78 Å². The van der Waals surface area contributed by atoms with E-state index in [9.17, 15) is 9.59 Å². The van der Waals surface area contributed by atoms with E-state index in [1.807, 2.05) is 6.08 Å². The highest BCUT2D eigenvalue weighted by Crippen LogP contribution is 1.89. The number of carbonyl (C=O) groups excluding carboxylic acids is 2. The summed E-state index contributed by atoms with van der Waals surface area (Å²) in [5.74, 6) is -0.524. The molecule has 1 aromatic heterocycles. The molecule has 1 aliphatic rings. The van der Waals surface area contributed by atoms with Crippen molar-refractivity contribution in [3.05, 3.63) is 22.3 Å². The van der Waals surface area contributed by atoms with E-state index >= 15 is 0 Å². The third kappa shape index (κ3) is 1.31. The van der Waals surface area contributed by atoms with Gasteiger partial charge in [-0.3, -0.25) is 14.6 Å². The summed E-state index contributed by atoms with van der Waals surface area (Å²) >= 11 is 0. The topological polar surface area (TPSA) is 62.3 Å². The molecule has 0 saturated heterocycles. The summed E-state index contributed by atoms with van der Waals surface area (Å²) in [5, 5.41) is 1.53. The lowest BCUT2D eigenvalue weighted by Gasteiger charge is -1.84. The lowest BCUT2D eigenvalue weighted by Crippen LogP contribution is -2.26. The van der Waals surface area contributed by atoms with Gasteiger partial charge in [-0.05, 0) is 0 Å². The van der Waals surface area contributed by atoms with Gasteiger partial charge >= 0.3 is 0 Å². The number of rotatable bonds is 2. The van der Waals surface area contributed by atoms with Crippen LogP contribution in [0.2, 0.25) is 0 Å². The molecule has 0 saturated carbocycles. The zero-order valence-corrected chi connectivity index (χ0v) is 7.36. The molecule has 0 atom stereocenters. The number of aromatic nitrogens is 1. The lowest BCUT2D eigenvalue weighted by atomic mass is 10.2. The monoisotopic (exact) mass is 188 g/mol. The van der Waals surface area contributed by atoms with Crippen molar-refractivity contribution in [2.45, 2.75) is 6.42 Å². The minimum atomic E-state index is -0.524. The molecule has 1 aromatic rings. The predicted molar refractivity (Wildman–Crippen MR) is 52.5 cm³/mol. The normalized spacial score (nSPS) is 13.4. The highest BCUT2D eigenvalue weighted by molar-refractivity contribution is 6.33. The highest BCUT2D eigenvalue weighted by Gasteiger charge is 2.08. The number of nitrogens with one attached hydrogen (secondary N) is 1. The van der Waals surface area contributed by atoms with Gasteiger partial charge in [-0.25, -0.2) is 0 Å². The standard InChI is InChI=1S/C10H8N2O2/c13-6-10(14)8-5-12-9-2-1-3-11-4-7(8)9/h2-6,12H,1H2. The summed E-state index contributed by atoms with van der Waals surface area (Å²) in [6, 6.07) is 0. The van der Waals surface area contributed by atoms with Crippen LogP contribution in [0.3, 0.4) is 0 Å². The van der Waals surface area contributed by atoms with Crippen LogP contribution in [-0.2, 0) is 4.79 Å². The van der Waals surface area contributed by atoms with Crippen molar-refractivity contribution < 1.29 is 9.59 Å². The fourth-order valence-electron chi connectivity index (χ4n) is 1.38. The Labute approximate surface area is 79.7 Å². The van der Waals surface area contributed by atoms with E-state index in [0.717, 1.165) is 11.8 Å². The number of hydrogen-bond acceptors (Lipinski definition) is 3. The Morgan fingerprint density at radius 1 is 1.57 bits per heavy atom. The maximum absolute atomic E-state index is 11.2. The highest BCUT2D eigenvalue weighted by atomic mass is 16.2. The molecule has 1 aliphatic heterocycles. The van der Waals surface area contributed by atoms with Gasteiger partial charge < -0.3 is 4.98 Å². The van der Waals surface area contributed by atoms with Crippen LogP contribution in [-0.4, -0.2) is 23.3 Å². The minimum Gasteiger partial charge on any atom is -0.361 e. The fourth-order valence-corrected chi connectivity index (χ4v) is 1.38. The number of aromatic amines is 1. The molecule has 2 heterocycles. The van der Waals surface area contributed by atoms with Gasteiger partial charge in [0.25, 0.3) is 0 Å². The van der Waals surface area contributed by atoms with E-state index in [2.05, 4.69) is 9.98 Å². The first-order valence-corrected chi connectivity index (χ1v) is 4.22. The molecule has 70 valence electrons. The molecule has 0 amide bonds. The van der Waals surface area contributed by atoms with Crippen LogP contribution < -0.4 is 10.6 Å². The zero-order valence-electron chi connectivity index (χ0n) is 7.36. The van der Waals surface area contributed by atoms with Crippen molar-refractivity contribution >= 4 is 30.6 Å². The van der Waals surface area contributed by atoms with Crippen LogP contribution in [0, 0.1) is 0 Å². The van der Waals surface area contributed by atoms with Crippen LogP contribution in [0.25, 0.3) is 12.3 Å². The first-order chi connectivity index (χ1) is 6.83. The van der Waals surface area contributed by atoms with E-state index in [1.165, 1.54) is 6.20 Å². The second kappa shape index (κ2) is 3.41. The summed E-state index contributed by atoms with van der Waals surface area (Å²) in [6.45, 7) is 0. The average molecular weight is 188 g/mol. The largest absolute Gasteiger partial charge is 0.361 e. The summed E-state index contributed by atoms with van der Waals surface area (Å²) < 4.78 is 0. The Morgan fingerprint density at radius 3 is 3.21 bits per heavy atom. The molecule has 0 aliphatic carbocycles. The summed E-state index contributed by atoms with van der Waals surface area (Å²) in [7, 11) is 0. The summed E-state index contributed by atoms with van der Waals surface area (Å²) in [4.78, 5) is 28.5. The van der Waals surface area contributed by atoms with E-state index in [-0.39, 0.29) is 0 Å². The van der Waals surface area contributed by atoms with Gasteiger partial charge in [-0.1, -0.05) is 6.08 Å². The maximum Gasteiger partial charge on any atom is 0.227 e. The van der Waals surface area contributed by atoms with E-state index in [4.69, 9.17) is 0 Å². The molecule has 0 bridgehead atoms. The van der Waals surface area contributed by atoms with Gasteiger partial charge in [-0.2, -0.15) is 0 Å². The Kier molecular flexibility index (Phi) is 2.10.